The van der Waals surface area contributed by atoms with Crippen LogP contribution in [-0.2, 0) is 4.79 Å². The van der Waals surface area contributed by atoms with E-state index in [4.69, 9.17) is 4.42 Å². The lowest BCUT2D eigenvalue weighted by molar-refractivity contribution is -0.106. The molecule has 0 aromatic carbocycles. The molecule has 0 radical (unpaired) electrons. The molecule has 0 fully saturated rings. The molecule has 0 saturated carbocycles. The molecule has 0 aliphatic heterocycles. The van der Waals surface area contributed by atoms with Gasteiger partial charge in [-0.1, -0.05) is 0 Å². The van der Waals surface area contributed by atoms with Gasteiger partial charge >= 0.3 is 0 Å². The van der Waals surface area contributed by atoms with E-state index in [0.29, 0.717) is 6.54 Å². The van der Waals surface area contributed by atoms with Gasteiger partial charge in [0.15, 0.2) is 5.88 Å². The van der Waals surface area contributed by atoms with Gasteiger partial charge in [-0.2, -0.15) is 0 Å². The van der Waals surface area contributed by atoms with Crippen LogP contribution in [0.3, 0.4) is 0 Å². The van der Waals surface area contributed by atoms with E-state index in [1.165, 1.54) is 0 Å². The van der Waals surface area contributed by atoms with Crippen molar-refractivity contribution in [2.75, 3.05) is 18.0 Å². The first-order valence-corrected chi connectivity index (χ1v) is 3.60. The lowest BCUT2D eigenvalue weighted by atomic mass is 10.5. The molecule has 0 saturated heterocycles. The van der Waals surface area contributed by atoms with Crippen molar-refractivity contribution in [3.63, 3.8) is 0 Å². The van der Waals surface area contributed by atoms with Crippen molar-refractivity contribution < 1.29 is 9.21 Å². The lowest BCUT2D eigenvalue weighted by Crippen LogP contribution is -2.23. The molecule has 1 aromatic rings. The smallest absolute Gasteiger partial charge is 0.195 e. The van der Waals surface area contributed by atoms with Crippen molar-refractivity contribution in [3.05, 3.63) is 18.4 Å². The first kappa shape index (κ1) is 7.85. The topological polar surface area (TPSA) is 33.5 Å². The summed E-state index contributed by atoms with van der Waals surface area (Å²) in [4.78, 5) is 12.0. The van der Waals surface area contributed by atoms with Gasteiger partial charge in [0.2, 0.25) is 0 Å². The van der Waals surface area contributed by atoms with Crippen molar-refractivity contribution in [3.8, 4) is 0 Å². The van der Waals surface area contributed by atoms with Crippen LogP contribution in [0.4, 0.5) is 5.88 Å². The maximum absolute atomic E-state index is 10.2. The second kappa shape index (κ2) is 3.81. The normalized spacial score (nSPS) is 9.55. The number of carbonyl (C=O) groups excluding carboxylic acids is 1. The predicted octanol–water partition coefficient (Wildman–Crippen LogP) is 1.30. The van der Waals surface area contributed by atoms with Crippen LogP contribution in [0.5, 0.6) is 0 Å². The van der Waals surface area contributed by atoms with Crippen molar-refractivity contribution in [2.45, 2.75) is 6.92 Å². The highest BCUT2D eigenvalue weighted by Gasteiger charge is 2.03. The third kappa shape index (κ3) is 1.83. The van der Waals surface area contributed by atoms with Crippen molar-refractivity contribution in [1.29, 1.82) is 0 Å². The van der Waals surface area contributed by atoms with Crippen LogP contribution in [0.2, 0.25) is 0 Å². The maximum Gasteiger partial charge on any atom is 0.195 e. The molecule has 0 bridgehead atoms. The van der Waals surface area contributed by atoms with E-state index in [9.17, 15) is 4.79 Å². The van der Waals surface area contributed by atoms with Crippen molar-refractivity contribution in [2.24, 2.45) is 0 Å². The van der Waals surface area contributed by atoms with Gasteiger partial charge in [0.05, 0.1) is 12.8 Å². The van der Waals surface area contributed by atoms with Gasteiger partial charge in [-0.3, -0.25) is 0 Å². The summed E-state index contributed by atoms with van der Waals surface area (Å²) in [6, 6.07) is 3.65. The van der Waals surface area contributed by atoms with Gasteiger partial charge in [-0.05, 0) is 13.0 Å². The second-order valence-electron chi connectivity index (χ2n) is 2.16. The Morgan fingerprint density at radius 2 is 2.55 bits per heavy atom. The molecule has 0 amide bonds. The molecule has 0 aliphatic rings. The molecule has 1 heterocycles. The van der Waals surface area contributed by atoms with Gasteiger partial charge in [-0.25, -0.2) is 0 Å². The number of rotatable bonds is 4. The third-order valence-electron chi connectivity index (χ3n) is 1.49. The first-order valence-electron chi connectivity index (χ1n) is 3.60. The number of nitrogens with zero attached hydrogens (tertiary/aromatic N) is 1. The Labute approximate surface area is 65.6 Å². The fourth-order valence-corrected chi connectivity index (χ4v) is 0.915. The summed E-state index contributed by atoms with van der Waals surface area (Å²) in [5.74, 6) is 0.750. The minimum atomic E-state index is 0.393. The average molecular weight is 153 g/mol. The zero-order valence-corrected chi connectivity index (χ0v) is 6.49. The summed E-state index contributed by atoms with van der Waals surface area (Å²) in [6.07, 6.45) is 2.47. The molecule has 0 unspecified atom stereocenters. The number of hydrogen-bond acceptors (Lipinski definition) is 3. The Bertz CT molecular complexity index is 206. The number of anilines is 1. The van der Waals surface area contributed by atoms with E-state index < -0.39 is 0 Å². The molecule has 3 nitrogen and oxygen atoms in total. The Hall–Kier alpha value is -1.25. The van der Waals surface area contributed by atoms with E-state index in [0.717, 1.165) is 18.7 Å². The molecule has 1 aromatic heterocycles. The van der Waals surface area contributed by atoms with Crippen molar-refractivity contribution >= 4 is 12.2 Å². The van der Waals surface area contributed by atoms with E-state index in [-0.39, 0.29) is 0 Å². The highest BCUT2D eigenvalue weighted by molar-refractivity contribution is 5.58. The Morgan fingerprint density at radius 3 is 3.00 bits per heavy atom. The molecule has 60 valence electrons. The highest BCUT2D eigenvalue weighted by atomic mass is 16.3. The van der Waals surface area contributed by atoms with Gasteiger partial charge in [0.1, 0.15) is 6.29 Å². The summed E-state index contributed by atoms with van der Waals surface area (Å²) >= 11 is 0. The van der Waals surface area contributed by atoms with Crippen LogP contribution in [0.15, 0.2) is 22.8 Å². The Morgan fingerprint density at radius 1 is 1.73 bits per heavy atom. The summed E-state index contributed by atoms with van der Waals surface area (Å²) in [6.45, 7) is 3.16. The highest BCUT2D eigenvalue weighted by Crippen LogP contribution is 2.12. The number of likely N-dealkylation sites (N-methyl/N-ethyl adjacent to an activating group) is 1. The summed E-state index contributed by atoms with van der Waals surface area (Å²) < 4.78 is 5.11. The minimum absolute atomic E-state index is 0.393. The molecule has 0 aliphatic carbocycles. The van der Waals surface area contributed by atoms with E-state index in [1.54, 1.807) is 6.26 Å². The zero-order valence-electron chi connectivity index (χ0n) is 6.49. The van der Waals surface area contributed by atoms with Gasteiger partial charge in [0, 0.05) is 12.6 Å². The maximum atomic E-state index is 10.2. The number of hydrogen-bond donors (Lipinski definition) is 0. The van der Waals surface area contributed by atoms with Gasteiger partial charge < -0.3 is 14.1 Å². The minimum Gasteiger partial charge on any atom is -0.449 e. The monoisotopic (exact) mass is 153 g/mol. The molecule has 1 rings (SSSR count). The van der Waals surface area contributed by atoms with Gasteiger partial charge in [-0.15, -0.1) is 0 Å². The van der Waals surface area contributed by atoms with Crippen LogP contribution >= 0.6 is 0 Å². The number of carbonyl (C=O) groups is 1. The second-order valence-corrected chi connectivity index (χ2v) is 2.16. The third-order valence-corrected chi connectivity index (χ3v) is 1.49. The van der Waals surface area contributed by atoms with Crippen LogP contribution < -0.4 is 4.90 Å². The summed E-state index contributed by atoms with van der Waals surface area (Å²) in [7, 11) is 0. The average Bonchev–Trinajstić information content (AvgIpc) is 2.52. The molecule has 0 atom stereocenters. The van der Waals surface area contributed by atoms with Gasteiger partial charge in [0.25, 0.3) is 0 Å². The molecular formula is C8H11NO2. The predicted molar refractivity (Wildman–Crippen MR) is 42.7 cm³/mol. The fourth-order valence-electron chi connectivity index (χ4n) is 0.915. The molecule has 3 heteroatoms. The largest absolute Gasteiger partial charge is 0.449 e. The van der Waals surface area contributed by atoms with E-state index in [2.05, 4.69) is 0 Å². The Balaban J connectivity index is 2.62. The molecule has 0 spiro atoms. The summed E-state index contributed by atoms with van der Waals surface area (Å²) in [5, 5.41) is 0. The SMILES string of the molecule is CCN(CC=O)c1ccco1. The number of furan rings is 1. The van der Waals surface area contributed by atoms with E-state index in [1.807, 2.05) is 24.0 Å². The first-order chi connectivity index (χ1) is 5.38. The lowest BCUT2D eigenvalue weighted by Gasteiger charge is -2.15. The standard InChI is InChI=1S/C8H11NO2/c1-2-9(5-6-10)8-4-3-7-11-8/h3-4,6-7H,2,5H2,1H3. The zero-order chi connectivity index (χ0) is 8.10. The number of aldehydes is 1. The molecule has 11 heavy (non-hydrogen) atoms. The van der Waals surface area contributed by atoms with Crippen LogP contribution in [-0.4, -0.2) is 19.4 Å². The van der Waals surface area contributed by atoms with Crippen LogP contribution in [0, 0.1) is 0 Å². The molecular weight excluding hydrogens is 142 g/mol. The van der Waals surface area contributed by atoms with E-state index >= 15 is 0 Å². The Kier molecular flexibility index (Phi) is 2.72. The summed E-state index contributed by atoms with van der Waals surface area (Å²) in [5.41, 5.74) is 0. The fraction of sp³-hybridized carbons (Fsp3) is 0.375. The van der Waals surface area contributed by atoms with Crippen LogP contribution in [0.25, 0.3) is 0 Å². The molecule has 0 N–H and O–H groups in total. The van der Waals surface area contributed by atoms with Crippen LogP contribution in [0.1, 0.15) is 6.92 Å². The van der Waals surface area contributed by atoms with Crippen molar-refractivity contribution in [1.82, 2.24) is 0 Å². The quantitative estimate of drug-likeness (QED) is 0.611.